The van der Waals surface area contributed by atoms with Crippen molar-refractivity contribution in [1.82, 2.24) is 4.90 Å². The highest BCUT2D eigenvalue weighted by Crippen LogP contribution is 2.25. The van der Waals surface area contributed by atoms with Crippen molar-refractivity contribution in [3.8, 4) is 6.07 Å². The summed E-state index contributed by atoms with van der Waals surface area (Å²) in [6.45, 7) is 6.23. The maximum atomic E-state index is 12.5. The molecule has 1 fully saturated rings. The van der Waals surface area contributed by atoms with Crippen LogP contribution >= 0.6 is 0 Å². The standard InChI is InChI=1S/C17H22N2O/c1-13(2)15-4-3-10-19(11-9-15)17(20)16-7-5-14(12-18)6-8-16/h5-8,13,15H,3-4,9-11H2,1-2H3. The maximum absolute atomic E-state index is 12.5. The van der Waals surface area contributed by atoms with Crippen molar-refractivity contribution in [1.29, 1.82) is 5.26 Å². The van der Waals surface area contributed by atoms with E-state index in [2.05, 4.69) is 19.9 Å². The largest absolute Gasteiger partial charge is 0.339 e. The number of hydrogen-bond donors (Lipinski definition) is 0. The first kappa shape index (κ1) is 14.6. The fraction of sp³-hybridized carbons (Fsp3) is 0.529. The van der Waals surface area contributed by atoms with Crippen LogP contribution in [0.1, 0.15) is 49.0 Å². The Balaban J connectivity index is 2.03. The summed E-state index contributed by atoms with van der Waals surface area (Å²) in [4.78, 5) is 14.4. The molecule has 0 spiro atoms. The van der Waals surface area contributed by atoms with E-state index in [0.717, 1.165) is 31.8 Å². The predicted molar refractivity (Wildman–Crippen MR) is 79.2 cm³/mol. The number of rotatable bonds is 2. The van der Waals surface area contributed by atoms with Crippen LogP contribution in [-0.2, 0) is 0 Å². The second-order valence-corrected chi connectivity index (χ2v) is 5.92. The van der Waals surface area contributed by atoms with Gasteiger partial charge in [0.25, 0.3) is 5.91 Å². The van der Waals surface area contributed by atoms with E-state index >= 15 is 0 Å². The molecule has 20 heavy (non-hydrogen) atoms. The molecule has 0 saturated carbocycles. The van der Waals surface area contributed by atoms with Gasteiger partial charge in [-0.3, -0.25) is 4.79 Å². The zero-order valence-corrected chi connectivity index (χ0v) is 12.3. The minimum Gasteiger partial charge on any atom is -0.339 e. The summed E-state index contributed by atoms with van der Waals surface area (Å²) < 4.78 is 0. The molecule has 2 rings (SSSR count). The van der Waals surface area contributed by atoms with Crippen LogP contribution in [0.3, 0.4) is 0 Å². The van der Waals surface area contributed by atoms with Crippen LogP contribution in [0.5, 0.6) is 0 Å². The average molecular weight is 270 g/mol. The molecule has 106 valence electrons. The van der Waals surface area contributed by atoms with Gasteiger partial charge in [-0.1, -0.05) is 13.8 Å². The summed E-state index contributed by atoms with van der Waals surface area (Å²) in [5.41, 5.74) is 1.28. The molecule has 1 unspecified atom stereocenters. The van der Waals surface area contributed by atoms with Crippen molar-refractivity contribution >= 4 is 5.91 Å². The molecule has 1 aliphatic heterocycles. The molecular weight excluding hydrogens is 248 g/mol. The molecule has 1 aromatic carbocycles. The molecule has 1 heterocycles. The zero-order chi connectivity index (χ0) is 14.5. The van der Waals surface area contributed by atoms with Gasteiger partial charge in [0.15, 0.2) is 0 Å². The minimum atomic E-state index is 0.0962. The Morgan fingerprint density at radius 2 is 1.95 bits per heavy atom. The molecule has 3 heteroatoms. The minimum absolute atomic E-state index is 0.0962. The molecule has 3 nitrogen and oxygen atoms in total. The van der Waals surface area contributed by atoms with Crippen LogP contribution in [0.4, 0.5) is 0 Å². The fourth-order valence-corrected chi connectivity index (χ4v) is 2.86. The third kappa shape index (κ3) is 3.39. The molecule has 0 N–H and O–H groups in total. The second-order valence-electron chi connectivity index (χ2n) is 5.92. The average Bonchev–Trinajstić information content (AvgIpc) is 2.72. The van der Waals surface area contributed by atoms with Crippen LogP contribution < -0.4 is 0 Å². The molecule has 1 saturated heterocycles. The molecular formula is C17H22N2O. The fourth-order valence-electron chi connectivity index (χ4n) is 2.86. The first-order valence-electron chi connectivity index (χ1n) is 7.41. The van der Waals surface area contributed by atoms with Crippen LogP contribution in [0, 0.1) is 23.2 Å². The number of amides is 1. The zero-order valence-electron chi connectivity index (χ0n) is 12.3. The Labute approximate surface area is 121 Å². The third-order valence-electron chi connectivity index (χ3n) is 4.26. The predicted octanol–water partition coefficient (Wildman–Crippen LogP) is 3.46. The lowest BCUT2D eigenvalue weighted by Gasteiger charge is -2.21. The maximum Gasteiger partial charge on any atom is 0.253 e. The van der Waals surface area contributed by atoms with Crippen LogP contribution in [-0.4, -0.2) is 23.9 Å². The quantitative estimate of drug-likeness (QED) is 0.826. The van der Waals surface area contributed by atoms with E-state index < -0.39 is 0 Å². The number of carbonyl (C=O) groups is 1. The highest BCUT2D eigenvalue weighted by molar-refractivity contribution is 5.94. The van der Waals surface area contributed by atoms with E-state index in [1.165, 1.54) is 6.42 Å². The Morgan fingerprint density at radius 1 is 1.25 bits per heavy atom. The van der Waals surface area contributed by atoms with Crippen molar-refractivity contribution in [3.63, 3.8) is 0 Å². The number of carbonyl (C=O) groups excluding carboxylic acids is 1. The van der Waals surface area contributed by atoms with Crippen molar-refractivity contribution in [2.24, 2.45) is 11.8 Å². The Kier molecular flexibility index (Phi) is 4.79. The number of benzene rings is 1. The van der Waals surface area contributed by atoms with Crippen LogP contribution in [0.2, 0.25) is 0 Å². The van der Waals surface area contributed by atoms with Gasteiger partial charge in [0.2, 0.25) is 0 Å². The van der Waals surface area contributed by atoms with Crippen molar-refractivity contribution in [2.75, 3.05) is 13.1 Å². The highest BCUT2D eigenvalue weighted by atomic mass is 16.2. The summed E-state index contributed by atoms with van der Waals surface area (Å²) in [6, 6.07) is 9.01. The molecule has 0 radical (unpaired) electrons. The van der Waals surface area contributed by atoms with Gasteiger partial charge < -0.3 is 4.90 Å². The van der Waals surface area contributed by atoms with Crippen molar-refractivity contribution in [3.05, 3.63) is 35.4 Å². The van der Waals surface area contributed by atoms with Gasteiger partial charge in [-0.25, -0.2) is 0 Å². The number of likely N-dealkylation sites (tertiary alicyclic amines) is 1. The molecule has 1 aliphatic rings. The molecule has 1 aromatic rings. The van der Waals surface area contributed by atoms with E-state index in [1.54, 1.807) is 24.3 Å². The van der Waals surface area contributed by atoms with Gasteiger partial charge in [-0.15, -0.1) is 0 Å². The number of hydrogen-bond acceptors (Lipinski definition) is 2. The number of nitrogens with zero attached hydrogens (tertiary/aromatic N) is 2. The molecule has 0 aromatic heterocycles. The lowest BCUT2D eigenvalue weighted by Crippen LogP contribution is -2.32. The van der Waals surface area contributed by atoms with Gasteiger partial charge in [0.05, 0.1) is 11.6 Å². The monoisotopic (exact) mass is 270 g/mol. The molecule has 1 atom stereocenters. The van der Waals surface area contributed by atoms with Crippen molar-refractivity contribution in [2.45, 2.75) is 33.1 Å². The summed E-state index contributed by atoms with van der Waals surface area (Å²) in [5.74, 6) is 1.52. The number of nitriles is 1. The van der Waals surface area contributed by atoms with Gasteiger partial charge in [0, 0.05) is 18.7 Å². The lowest BCUT2D eigenvalue weighted by atomic mass is 9.89. The van der Waals surface area contributed by atoms with Gasteiger partial charge in [0.1, 0.15) is 0 Å². The van der Waals surface area contributed by atoms with E-state index in [1.807, 2.05) is 4.90 Å². The Morgan fingerprint density at radius 3 is 2.55 bits per heavy atom. The summed E-state index contributed by atoms with van der Waals surface area (Å²) in [7, 11) is 0. The second kappa shape index (κ2) is 6.56. The van der Waals surface area contributed by atoms with Crippen LogP contribution in [0.15, 0.2) is 24.3 Å². The van der Waals surface area contributed by atoms with E-state index in [-0.39, 0.29) is 5.91 Å². The van der Waals surface area contributed by atoms with Gasteiger partial charge >= 0.3 is 0 Å². The first-order valence-corrected chi connectivity index (χ1v) is 7.41. The normalized spacial score (nSPS) is 19.5. The SMILES string of the molecule is CC(C)C1CCCN(C(=O)c2ccc(C#N)cc2)CC1. The first-order chi connectivity index (χ1) is 9.61. The summed E-state index contributed by atoms with van der Waals surface area (Å²) in [5, 5.41) is 8.79. The lowest BCUT2D eigenvalue weighted by molar-refractivity contribution is 0.0759. The summed E-state index contributed by atoms with van der Waals surface area (Å²) in [6.07, 6.45) is 3.40. The smallest absolute Gasteiger partial charge is 0.253 e. The summed E-state index contributed by atoms with van der Waals surface area (Å²) >= 11 is 0. The Bertz CT molecular complexity index is 499. The van der Waals surface area contributed by atoms with Crippen molar-refractivity contribution < 1.29 is 4.79 Å². The molecule has 0 aliphatic carbocycles. The third-order valence-corrected chi connectivity index (χ3v) is 4.26. The van der Waals surface area contributed by atoms with E-state index in [9.17, 15) is 4.79 Å². The van der Waals surface area contributed by atoms with Gasteiger partial charge in [-0.05, 0) is 55.4 Å². The van der Waals surface area contributed by atoms with E-state index in [4.69, 9.17) is 5.26 Å². The molecule has 1 amide bonds. The van der Waals surface area contributed by atoms with Gasteiger partial charge in [-0.2, -0.15) is 5.26 Å². The topological polar surface area (TPSA) is 44.1 Å². The van der Waals surface area contributed by atoms with E-state index in [0.29, 0.717) is 17.0 Å². The van der Waals surface area contributed by atoms with Crippen LogP contribution in [0.25, 0.3) is 0 Å². The highest BCUT2D eigenvalue weighted by Gasteiger charge is 2.22. The Hall–Kier alpha value is -1.82. The molecule has 0 bridgehead atoms.